The normalized spacial score (nSPS) is 14.0. The van der Waals surface area contributed by atoms with Crippen LogP contribution >= 0.6 is 7.82 Å². The second kappa shape index (κ2) is 59.1. The summed E-state index contributed by atoms with van der Waals surface area (Å²) in [4.78, 5) is 25.6. The van der Waals surface area contributed by atoms with Gasteiger partial charge >= 0.3 is 0 Å². The molecule has 77 heavy (non-hydrogen) atoms. The van der Waals surface area contributed by atoms with Crippen LogP contribution in [0.15, 0.2) is 48.6 Å². The number of carbonyl (C=O) groups is 1. The number of aliphatic hydroxyl groups excluding tert-OH is 1. The van der Waals surface area contributed by atoms with E-state index < -0.39 is 20.0 Å². The van der Waals surface area contributed by atoms with Crippen LogP contribution in [-0.4, -0.2) is 68.5 Å². The number of carbonyl (C=O) groups excluding carboxylic acids is 1. The highest BCUT2D eigenvalue weighted by Gasteiger charge is 2.24. The van der Waals surface area contributed by atoms with Crippen molar-refractivity contribution in [2.45, 2.75) is 341 Å². The smallest absolute Gasteiger partial charge is 0.268 e. The second-order valence-electron chi connectivity index (χ2n) is 24.2. The Hall–Kier alpha value is -1.54. The lowest BCUT2D eigenvalue weighted by molar-refractivity contribution is -0.870. The van der Waals surface area contributed by atoms with Gasteiger partial charge in [-0.05, 0) is 51.4 Å². The number of likely N-dealkylation sites (N-methyl/N-ethyl adjacent to an activating group) is 1. The lowest BCUT2D eigenvalue weighted by Gasteiger charge is -2.30. The van der Waals surface area contributed by atoms with Crippen molar-refractivity contribution in [3.63, 3.8) is 0 Å². The number of nitrogens with zero attached hydrogens (tertiary/aromatic N) is 1. The van der Waals surface area contributed by atoms with Crippen LogP contribution in [0.4, 0.5) is 0 Å². The van der Waals surface area contributed by atoms with Crippen LogP contribution in [0, 0.1) is 0 Å². The molecule has 0 aromatic carbocycles. The highest BCUT2D eigenvalue weighted by molar-refractivity contribution is 7.45. The molecule has 454 valence electrons. The number of phosphoric acid groups is 1. The molecule has 0 saturated carbocycles. The summed E-state index contributed by atoms with van der Waals surface area (Å²) in [6.07, 6.45) is 78.9. The molecular formula is C68H131N2O6P. The summed E-state index contributed by atoms with van der Waals surface area (Å²) in [5.74, 6) is -0.163. The van der Waals surface area contributed by atoms with Gasteiger partial charge < -0.3 is 28.8 Å². The van der Waals surface area contributed by atoms with Gasteiger partial charge in [-0.3, -0.25) is 9.36 Å². The van der Waals surface area contributed by atoms with Gasteiger partial charge in [0, 0.05) is 6.42 Å². The van der Waals surface area contributed by atoms with Crippen molar-refractivity contribution in [1.82, 2.24) is 5.32 Å². The first-order chi connectivity index (χ1) is 37.5. The average molecular weight is 1100 g/mol. The van der Waals surface area contributed by atoms with Crippen LogP contribution < -0.4 is 10.2 Å². The Labute approximate surface area is 479 Å². The molecule has 0 aliphatic rings. The molecule has 0 radical (unpaired) electrons. The SMILES string of the molecule is CC/C=C\C/C=C\C/C=C\C/C=C\CCCCCCCCCCCCCCC(=O)NC(COP(=O)([O-])OCC[N+](C)(C)C)C(O)CCCCCCCCCCCCCCCCCCCCCCCCCCCCCCCC. The molecule has 0 aromatic heterocycles. The number of unbranched alkanes of at least 4 members (excludes halogenated alkanes) is 41. The molecule has 0 spiro atoms. The van der Waals surface area contributed by atoms with Gasteiger partial charge in [-0.25, -0.2) is 0 Å². The van der Waals surface area contributed by atoms with Crippen LogP contribution in [0.3, 0.4) is 0 Å². The zero-order valence-corrected chi connectivity index (χ0v) is 52.8. The minimum Gasteiger partial charge on any atom is -0.756 e. The largest absolute Gasteiger partial charge is 0.756 e. The molecule has 2 N–H and O–H groups in total. The number of phosphoric ester groups is 1. The van der Waals surface area contributed by atoms with Crippen molar-refractivity contribution >= 4 is 13.7 Å². The Morgan fingerprint density at radius 1 is 0.468 bits per heavy atom. The van der Waals surface area contributed by atoms with Gasteiger partial charge in [-0.1, -0.05) is 319 Å². The maximum Gasteiger partial charge on any atom is 0.268 e. The van der Waals surface area contributed by atoms with E-state index in [0.29, 0.717) is 23.9 Å². The molecule has 0 aliphatic carbocycles. The Bertz CT molecular complexity index is 1390. The van der Waals surface area contributed by atoms with Gasteiger partial charge in [-0.15, -0.1) is 0 Å². The van der Waals surface area contributed by atoms with E-state index >= 15 is 0 Å². The first kappa shape index (κ1) is 75.5. The van der Waals surface area contributed by atoms with Crippen LogP contribution in [-0.2, 0) is 18.4 Å². The van der Waals surface area contributed by atoms with Crippen LogP contribution in [0.2, 0.25) is 0 Å². The van der Waals surface area contributed by atoms with E-state index in [0.717, 1.165) is 64.2 Å². The lowest BCUT2D eigenvalue weighted by atomic mass is 10.0. The molecule has 9 heteroatoms. The van der Waals surface area contributed by atoms with Gasteiger partial charge in [0.05, 0.1) is 39.9 Å². The van der Waals surface area contributed by atoms with Crippen LogP contribution in [0.1, 0.15) is 328 Å². The Kier molecular flexibility index (Phi) is 57.9. The van der Waals surface area contributed by atoms with E-state index in [-0.39, 0.29) is 19.1 Å². The summed E-state index contributed by atoms with van der Waals surface area (Å²) in [6, 6.07) is -0.805. The van der Waals surface area contributed by atoms with E-state index in [4.69, 9.17) is 9.05 Å². The first-order valence-electron chi connectivity index (χ1n) is 33.5. The predicted molar refractivity (Wildman–Crippen MR) is 334 cm³/mol. The second-order valence-corrected chi connectivity index (χ2v) is 25.6. The molecule has 0 fully saturated rings. The fraction of sp³-hybridized carbons (Fsp3) is 0.868. The van der Waals surface area contributed by atoms with E-state index in [1.54, 1.807) is 0 Å². The van der Waals surface area contributed by atoms with Crippen LogP contribution in [0.25, 0.3) is 0 Å². The Balaban J connectivity index is 4.05. The number of aliphatic hydroxyl groups is 1. The van der Waals surface area contributed by atoms with Gasteiger partial charge in [0.15, 0.2) is 0 Å². The maximum absolute atomic E-state index is 13.0. The zero-order valence-electron chi connectivity index (χ0n) is 51.9. The molecule has 8 nitrogen and oxygen atoms in total. The van der Waals surface area contributed by atoms with Crippen molar-refractivity contribution in [2.24, 2.45) is 0 Å². The number of hydrogen-bond donors (Lipinski definition) is 2. The maximum atomic E-state index is 13.0. The molecule has 0 bridgehead atoms. The Morgan fingerprint density at radius 2 is 0.792 bits per heavy atom. The standard InChI is InChI=1S/C68H131N2O6P/c1-6-8-10-12-14-16-18-20-22-24-26-28-30-32-33-34-35-36-38-39-41-43-45-47-49-51-53-55-57-59-61-67(71)66(65-76-77(73,74)75-64-63-70(3,4)5)69-68(72)62-60-58-56-54-52-50-48-46-44-42-40-37-31-29-27-25-23-21-19-17-15-13-11-9-7-2/h9,11,15,17,21,23,27,29,66-67,71H,6-8,10,12-14,16,18-20,22,24-26,28,30-65H2,1-5H3,(H-,69,72,73,74)/b11-9-,17-15-,23-21-,29-27-. The average Bonchev–Trinajstić information content (AvgIpc) is 3.39. The zero-order chi connectivity index (χ0) is 56.3. The first-order valence-corrected chi connectivity index (χ1v) is 34.9. The molecule has 3 unspecified atom stereocenters. The quantitative estimate of drug-likeness (QED) is 0.0272. The number of quaternary nitrogens is 1. The number of nitrogens with one attached hydrogen (secondary N) is 1. The minimum atomic E-state index is -4.58. The number of hydrogen-bond acceptors (Lipinski definition) is 6. The van der Waals surface area contributed by atoms with E-state index in [9.17, 15) is 19.4 Å². The number of allylic oxidation sites excluding steroid dienone is 8. The monoisotopic (exact) mass is 1100 g/mol. The molecule has 3 atom stereocenters. The molecule has 1 amide bonds. The van der Waals surface area contributed by atoms with E-state index in [1.165, 1.54) is 238 Å². The molecular weight excluding hydrogens is 972 g/mol. The third kappa shape index (κ3) is 61.9. The third-order valence-electron chi connectivity index (χ3n) is 15.3. The molecule has 0 heterocycles. The third-order valence-corrected chi connectivity index (χ3v) is 16.3. The van der Waals surface area contributed by atoms with E-state index in [2.05, 4.69) is 67.8 Å². The predicted octanol–water partition coefficient (Wildman–Crippen LogP) is 20.4. The number of amides is 1. The summed E-state index contributed by atoms with van der Waals surface area (Å²) in [6.45, 7) is 4.65. The van der Waals surface area contributed by atoms with Crippen molar-refractivity contribution in [1.29, 1.82) is 0 Å². The Morgan fingerprint density at radius 3 is 1.16 bits per heavy atom. The topological polar surface area (TPSA) is 108 Å². The lowest BCUT2D eigenvalue weighted by Crippen LogP contribution is -2.46. The van der Waals surface area contributed by atoms with E-state index in [1.807, 2.05) is 21.1 Å². The highest BCUT2D eigenvalue weighted by Crippen LogP contribution is 2.38. The fourth-order valence-corrected chi connectivity index (χ4v) is 10.9. The summed E-state index contributed by atoms with van der Waals surface area (Å²) < 4.78 is 23.5. The van der Waals surface area contributed by atoms with Gasteiger partial charge in [-0.2, -0.15) is 0 Å². The van der Waals surface area contributed by atoms with Gasteiger partial charge in [0.1, 0.15) is 13.2 Å². The van der Waals surface area contributed by atoms with Crippen molar-refractivity contribution in [3.05, 3.63) is 48.6 Å². The molecule has 0 aromatic rings. The summed E-state index contributed by atoms with van der Waals surface area (Å²) in [5, 5.41) is 14.1. The molecule has 0 saturated heterocycles. The van der Waals surface area contributed by atoms with Gasteiger partial charge in [0.2, 0.25) is 5.91 Å². The van der Waals surface area contributed by atoms with Crippen molar-refractivity contribution < 1.29 is 32.9 Å². The van der Waals surface area contributed by atoms with Crippen molar-refractivity contribution in [3.8, 4) is 0 Å². The van der Waals surface area contributed by atoms with Crippen molar-refractivity contribution in [2.75, 3.05) is 40.9 Å². The van der Waals surface area contributed by atoms with Crippen LogP contribution in [0.5, 0.6) is 0 Å². The molecule has 0 aliphatic heterocycles. The van der Waals surface area contributed by atoms with Gasteiger partial charge in [0.25, 0.3) is 7.82 Å². The molecule has 0 rings (SSSR count). The minimum absolute atomic E-state index is 0.0116. The highest BCUT2D eigenvalue weighted by atomic mass is 31.2. The summed E-state index contributed by atoms with van der Waals surface area (Å²) in [7, 11) is 1.31. The summed E-state index contributed by atoms with van der Waals surface area (Å²) in [5.41, 5.74) is 0. The summed E-state index contributed by atoms with van der Waals surface area (Å²) >= 11 is 0. The number of rotatable bonds is 62. The fourth-order valence-electron chi connectivity index (χ4n) is 10.2.